The number of nitrogens with one attached hydrogen (secondary N) is 2. The molecular formula is C12H22N2O2. The minimum atomic E-state index is 0.232. The van der Waals surface area contributed by atoms with E-state index >= 15 is 0 Å². The highest BCUT2D eigenvalue weighted by atomic mass is 16.5. The van der Waals surface area contributed by atoms with Crippen molar-refractivity contribution in [1.82, 2.24) is 10.6 Å². The Morgan fingerprint density at radius 2 is 2.06 bits per heavy atom. The molecule has 1 aliphatic carbocycles. The predicted molar refractivity (Wildman–Crippen MR) is 62.2 cm³/mol. The molecular weight excluding hydrogens is 204 g/mol. The van der Waals surface area contributed by atoms with Crippen LogP contribution in [-0.4, -0.2) is 38.3 Å². The van der Waals surface area contributed by atoms with E-state index in [1.54, 1.807) is 0 Å². The Morgan fingerprint density at radius 3 is 2.75 bits per heavy atom. The second kappa shape index (κ2) is 6.21. The molecule has 0 aromatic rings. The Kier molecular flexibility index (Phi) is 4.60. The highest BCUT2D eigenvalue weighted by molar-refractivity contribution is 5.80. The zero-order valence-corrected chi connectivity index (χ0v) is 9.84. The predicted octanol–water partition coefficient (Wildman–Crippen LogP) is 0.671. The van der Waals surface area contributed by atoms with E-state index in [1.165, 1.54) is 19.3 Å². The third kappa shape index (κ3) is 4.10. The highest BCUT2D eigenvalue weighted by Gasteiger charge is 2.28. The van der Waals surface area contributed by atoms with Crippen molar-refractivity contribution in [3.63, 3.8) is 0 Å². The smallest absolute Gasteiger partial charge is 0.223 e. The van der Waals surface area contributed by atoms with Gasteiger partial charge >= 0.3 is 0 Å². The zero-order chi connectivity index (χ0) is 11.2. The first kappa shape index (κ1) is 11.9. The van der Waals surface area contributed by atoms with Gasteiger partial charge in [-0.15, -0.1) is 0 Å². The summed E-state index contributed by atoms with van der Waals surface area (Å²) in [4.78, 5) is 11.3. The van der Waals surface area contributed by atoms with E-state index < -0.39 is 0 Å². The minimum absolute atomic E-state index is 0.232. The molecule has 1 amide bonds. The number of amides is 1. The molecule has 2 rings (SSSR count). The van der Waals surface area contributed by atoms with Crippen LogP contribution in [0.2, 0.25) is 0 Å². The summed E-state index contributed by atoms with van der Waals surface area (Å²) in [5.41, 5.74) is 0. The molecule has 92 valence electrons. The van der Waals surface area contributed by atoms with Crippen LogP contribution in [0.5, 0.6) is 0 Å². The van der Waals surface area contributed by atoms with Crippen LogP contribution in [0.4, 0.5) is 0 Å². The summed E-state index contributed by atoms with van der Waals surface area (Å²) in [7, 11) is 0. The van der Waals surface area contributed by atoms with Gasteiger partial charge < -0.3 is 15.4 Å². The fraction of sp³-hybridized carbons (Fsp3) is 0.917. The molecule has 0 radical (unpaired) electrons. The van der Waals surface area contributed by atoms with Gasteiger partial charge in [0.25, 0.3) is 0 Å². The molecule has 16 heavy (non-hydrogen) atoms. The standard InChI is InChI=1S/C12H22N2O2/c15-12(10-4-5-10)14-7-6-13-9-11-3-1-2-8-16-11/h10-11,13H,1-9H2,(H,14,15). The quantitative estimate of drug-likeness (QED) is 0.655. The SMILES string of the molecule is O=C(NCCNCC1CCCCO1)C1CC1. The normalized spacial score (nSPS) is 25.4. The zero-order valence-electron chi connectivity index (χ0n) is 9.84. The molecule has 1 heterocycles. The molecule has 4 heteroatoms. The molecule has 1 unspecified atom stereocenters. The maximum absolute atomic E-state index is 11.3. The second-order valence-corrected chi connectivity index (χ2v) is 4.76. The molecule has 0 spiro atoms. The average molecular weight is 226 g/mol. The Balaban J connectivity index is 1.43. The Hall–Kier alpha value is -0.610. The van der Waals surface area contributed by atoms with Crippen molar-refractivity contribution in [2.24, 2.45) is 5.92 Å². The lowest BCUT2D eigenvalue weighted by molar-refractivity contribution is -0.122. The fourth-order valence-corrected chi connectivity index (χ4v) is 2.00. The maximum atomic E-state index is 11.3. The van der Waals surface area contributed by atoms with Crippen molar-refractivity contribution in [3.05, 3.63) is 0 Å². The third-order valence-electron chi connectivity index (χ3n) is 3.20. The number of carbonyl (C=O) groups is 1. The molecule has 0 aromatic carbocycles. The largest absolute Gasteiger partial charge is 0.377 e. The van der Waals surface area contributed by atoms with Crippen LogP contribution >= 0.6 is 0 Å². The van der Waals surface area contributed by atoms with E-state index in [4.69, 9.17) is 4.74 Å². The summed E-state index contributed by atoms with van der Waals surface area (Å²) in [6, 6.07) is 0. The molecule has 0 bridgehead atoms. The monoisotopic (exact) mass is 226 g/mol. The Bertz CT molecular complexity index is 223. The first-order chi connectivity index (χ1) is 7.86. The molecule has 1 atom stereocenters. The summed E-state index contributed by atoms with van der Waals surface area (Å²) in [5.74, 6) is 0.553. The highest BCUT2D eigenvalue weighted by Crippen LogP contribution is 2.28. The van der Waals surface area contributed by atoms with Crippen LogP contribution in [0.15, 0.2) is 0 Å². The van der Waals surface area contributed by atoms with Crippen molar-refractivity contribution >= 4 is 5.91 Å². The van der Waals surface area contributed by atoms with E-state index in [0.29, 0.717) is 12.0 Å². The van der Waals surface area contributed by atoms with Gasteiger partial charge in [-0.1, -0.05) is 0 Å². The van der Waals surface area contributed by atoms with Crippen LogP contribution in [0.3, 0.4) is 0 Å². The third-order valence-corrected chi connectivity index (χ3v) is 3.20. The summed E-state index contributed by atoms with van der Waals surface area (Å²) < 4.78 is 5.60. The lowest BCUT2D eigenvalue weighted by atomic mass is 10.1. The lowest BCUT2D eigenvalue weighted by Gasteiger charge is -2.22. The van der Waals surface area contributed by atoms with Crippen LogP contribution in [0.25, 0.3) is 0 Å². The Labute approximate surface area is 97.1 Å². The molecule has 1 saturated heterocycles. The van der Waals surface area contributed by atoms with Crippen molar-refractivity contribution < 1.29 is 9.53 Å². The molecule has 2 aliphatic rings. The van der Waals surface area contributed by atoms with E-state index in [0.717, 1.165) is 39.1 Å². The Morgan fingerprint density at radius 1 is 1.19 bits per heavy atom. The van der Waals surface area contributed by atoms with E-state index in [-0.39, 0.29) is 5.91 Å². The first-order valence-corrected chi connectivity index (χ1v) is 6.46. The van der Waals surface area contributed by atoms with Crippen LogP contribution < -0.4 is 10.6 Å². The average Bonchev–Trinajstić information content (AvgIpc) is 3.13. The molecule has 4 nitrogen and oxygen atoms in total. The van der Waals surface area contributed by atoms with Crippen LogP contribution in [0, 0.1) is 5.92 Å². The molecule has 1 aliphatic heterocycles. The van der Waals surface area contributed by atoms with Crippen molar-refractivity contribution in [1.29, 1.82) is 0 Å². The molecule has 2 N–H and O–H groups in total. The number of carbonyl (C=O) groups excluding carboxylic acids is 1. The van der Waals surface area contributed by atoms with Crippen molar-refractivity contribution in [3.8, 4) is 0 Å². The molecule has 2 fully saturated rings. The summed E-state index contributed by atoms with van der Waals surface area (Å²) in [6.45, 7) is 3.41. The topological polar surface area (TPSA) is 50.4 Å². The van der Waals surface area contributed by atoms with E-state index in [1.807, 2.05) is 0 Å². The summed E-state index contributed by atoms with van der Waals surface area (Å²) in [5, 5.41) is 6.27. The van der Waals surface area contributed by atoms with E-state index in [9.17, 15) is 4.79 Å². The number of ether oxygens (including phenoxy) is 1. The number of hydrogen-bond donors (Lipinski definition) is 2. The van der Waals surface area contributed by atoms with Gasteiger partial charge in [-0.05, 0) is 32.1 Å². The first-order valence-electron chi connectivity index (χ1n) is 6.46. The maximum Gasteiger partial charge on any atom is 0.223 e. The fourth-order valence-electron chi connectivity index (χ4n) is 2.00. The van der Waals surface area contributed by atoms with Crippen LogP contribution in [-0.2, 0) is 9.53 Å². The van der Waals surface area contributed by atoms with Gasteiger partial charge in [-0.25, -0.2) is 0 Å². The van der Waals surface area contributed by atoms with Gasteiger partial charge in [0.1, 0.15) is 0 Å². The van der Waals surface area contributed by atoms with Gasteiger partial charge in [-0.2, -0.15) is 0 Å². The van der Waals surface area contributed by atoms with Gasteiger partial charge in [0.2, 0.25) is 5.91 Å². The summed E-state index contributed by atoms with van der Waals surface area (Å²) >= 11 is 0. The van der Waals surface area contributed by atoms with Crippen molar-refractivity contribution in [2.45, 2.75) is 38.2 Å². The van der Waals surface area contributed by atoms with Gasteiger partial charge in [0.05, 0.1) is 6.10 Å². The lowest BCUT2D eigenvalue weighted by Crippen LogP contribution is -2.37. The minimum Gasteiger partial charge on any atom is -0.377 e. The molecule has 0 aromatic heterocycles. The second-order valence-electron chi connectivity index (χ2n) is 4.76. The number of hydrogen-bond acceptors (Lipinski definition) is 3. The van der Waals surface area contributed by atoms with E-state index in [2.05, 4.69) is 10.6 Å². The van der Waals surface area contributed by atoms with Gasteiger partial charge in [0.15, 0.2) is 0 Å². The van der Waals surface area contributed by atoms with Gasteiger partial charge in [-0.3, -0.25) is 4.79 Å². The van der Waals surface area contributed by atoms with Gasteiger partial charge in [0, 0.05) is 32.2 Å². The number of rotatable bonds is 6. The molecule has 1 saturated carbocycles. The van der Waals surface area contributed by atoms with Crippen LogP contribution in [0.1, 0.15) is 32.1 Å². The summed E-state index contributed by atoms with van der Waals surface area (Å²) in [6.07, 6.45) is 6.19. The van der Waals surface area contributed by atoms with Crippen molar-refractivity contribution in [2.75, 3.05) is 26.2 Å².